The first-order chi connectivity index (χ1) is 15.9. The van der Waals surface area contributed by atoms with Gasteiger partial charge in [0.25, 0.3) is 11.8 Å². The molecule has 8 nitrogen and oxygen atoms in total. The van der Waals surface area contributed by atoms with E-state index in [2.05, 4.69) is 16.0 Å². The number of thiocarbonyl (C=S) groups is 1. The van der Waals surface area contributed by atoms with Crippen molar-refractivity contribution in [1.29, 1.82) is 0 Å². The minimum atomic E-state index is -0.401. The van der Waals surface area contributed by atoms with Crippen molar-refractivity contribution in [3.8, 4) is 17.2 Å². The van der Waals surface area contributed by atoms with Crippen LogP contribution in [0.1, 0.15) is 20.7 Å². The molecule has 0 radical (unpaired) electrons. The quantitative estimate of drug-likeness (QED) is 0.461. The topological polar surface area (TPSA) is 97.9 Å². The Morgan fingerprint density at radius 1 is 0.970 bits per heavy atom. The van der Waals surface area contributed by atoms with Gasteiger partial charge < -0.3 is 24.8 Å². The second-order valence-electron chi connectivity index (χ2n) is 6.83. The number of hydrogen-bond donors (Lipinski definition) is 3. The molecular formula is C23H18ClN3O5S. The lowest BCUT2D eigenvalue weighted by Crippen LogP contribution is -2.34. The van der Waals surface area contributed by atoms with Crippen molar-refractivity contribution in [2.24, 2.45) is 0 Å². The molecule has 0 saturated heterocycles. The van der Waals surface area contributed by atoms with Gasteiger partial charge in [-0.25, -0.2) is 0 Å². The van der Waals surface area contributed by atoms with E-state index in [4.69, 9.17) is 38.0 Å². The Morgan fingerprint density at radius 2 is 1.76 bits per heavy atom. The first-order valence-electron chi connectivity index (χ1n) is 9.70. The Bertz CT molecular complexity index is 1250. The van der Waals surface area contributed by atoms with E-state index in [0.717, 1.165) is 0 Å². The third-order valence-electron chi connectivity index (χ3n) is 4.69. The second kappa shape index (κ2) is 9.76. The summed E-state index contributed by atoms with van der Waals surface area (Å²) in [6.07, 6.45) is 0. The highest BCUT2D eigenvalue weighted by molar-refractivity contribution is 7.80. The van der Waals surface area contributed by atoms with E-state index in [1.807, 2.05) is 0 Å². The van der Waals surface area contributed by atoms with Gasteiger partial charge in [0.05, 0.1) is 23.4 Å². The highest BCUT2D eigenvalue weighted by Crippen LogP contribution is 2.32. The van der Waals surface area contributed by atoms with Crippen LogP contribution in [0, 0.1) is 0 Å². The van der Waals surface area contributed by atoms with Crippen LogP contribution in [0.2, 0.25) is 5.02 Å². The van der Waals surface area contributed by atoms with Gasteiger partial charge in [0, 0.05) is 17.3 Å². The van der Waals surface area contributed by atoms with Crippen LogP contribution in [0.4, 0.5) is 11.4 Å². The molecule has 0 saturated carbocycles. The number of carbonyl (C=O) groups is 2. The molecule has 0 atom stereocenters. The van der Waals surface area contributed by atoms with Crippen molar-refractivity contribution in [2.45, 2.75) is 0 Å². The number of halogens is 1. The Hall–Kier alpha value is -3.82. The fourth-order valence-electron chi connectivity index (χ4n) is 3.08. The second-order valence-corrected chi connectivity index (χ2v) is 7.64. The fourth-order valence-corrected chi connectivity index (χ4v) is 3.51. The van der Waals surface area contributed by atoms with Gasteiger partial charge in [-0.1, -0.05) is 23.7 Å². The Labute approximate surface area is 199 Å². The number of benzene rings is 3. The molecule has 0 fully saturated rings. The average Bonchev–Trinajstić information content (AvgIpc) is 3.28. The van der Waals surface area contributed by atoms with E-state index in [9.17, 15) is 9.59 Å². The number of nitrogens with one attached hydrogen (secondary N) is 3. The zero-order valence-corrected chi connectivity index (χ0v) is 18.9. The van der Waals surface area contributed by atoms with Gasteiger partial charge >= 0.3 is 0 Å². The van der Waals surface area contributed by atoms with Crippen LogP contribution in [0.15, 0.2) is 60.7 Å². The van der Waals surface area contributed by atoms with Crippen molar-refractivity contribution in [1.82, 2.24) is 5.32 Å². The maximum atomic E-state index is 12.5. The molecular weight excluding hydrogens is 466 g/mol. The van der Waals surface area contributed by atoms with Gasteiger partial charge in [-0.2, -0.15) is 0 Å². The Kier molecular flexibility index (Phi) is 6.62. The van der Waals surface area contributed by atoms with Gasteiger partial charge in [0.2, 0.25) is 6.79 Å². The lowest BCUT2D eigenvalue weighted by Gasteiger charge is -2.14. The van der Waals surface area contributed by atoms with E-state index < -0.39 is 5.91 Å². The maximum Gasteiger partial charge on any atom is 0.257 e. The number of carbonyl (C=O) groups excluding carboxylic acids is 2. The minimum absolute atomic E-state index is 0.0903. The predicted molar refractivity (Wildman–Crippen MR) is 129 cm³/mol. The van der Waals surface area contributed by atoms with Crippen LogP contribution in [0.5, 0.6) is 17.2 Å². The molecule has 3 aromatic carbocycles. The van der Waals surface area contributed by atoms with Gasteiger partial charge in [0.15, 0.2) is 16.6 Å². The molecule has 0 spiro atoms. The molecule has 0 bridgehead atoms. The lowest BCUT2D eigenvalue weighted by atomic mass is 10.2. The normalized spacial score (nSPS) is 11.5. The van der Waals surface area contributed by atoms with Gasteiger partial charge in [-0.15, -0.1) is 0 Å². The first kappa shape index (κ1) is 22.4. The minimum Gasteiger partial charge on any atom is -0.494 e. The predicted octanol–water partition coefficient (Wildman–Crippen LogP) is 4.46. The highest BCUT2D eigenvalue weighted by Gasteiger charge is 2.17. The van der Waals surface area contributed by atoms with E-state index in [-0.39, 0.29) is 17.8 Å². The Balaban J connectivity index is 1.41. The fraction of sp³-hybridized carbons (Fsp3) is 0.0870. The number of fused-ring (bicyclic) bond motifs is 1. The van der Waals surface area contributed by atoms with Crippen molar-refractivity contribution < 1.29 is 23.8 Å². The van der Waals surface area contributed by atoms with Gasteiger partial charge in [0.1, 0.15) is 5.75 Å². The maximum absolute atomic E-state index is 12.5. The lowest BCUT2D eigenvalue weighted by molar-refractivity contribution is 0.0976. The molecule has 1 heterocycles. The first-order valence-corrected chi connectivity index (χ1v) is 10.5. The summed E-state index contributed by atoms with van der Waals surface area (Å²) < 4.78 is 15.9. The summed E-state index contributed by atoms with van der Waals surface area (Å²) in [5.74, 6) is 0.708. The molecule has 33 heavy (non-hydrogen) atoms. The summed E-state index contributed by atoms with van der Waals surface area (Å²) in [4.78, 5) is 25.0. The number of anilines is 2. The van der Waals surface area contributed by atoms with Crippen molar-refractivity contribution in [3.63, 3.8) is 0 Å². The summed E-state index contributed by atoms with van der Waals surface area (Å²) in [5.41, 5.74) is 1.72. The summed E-state index contributed by atoms with van der Waals surface area (Å²) in [7, 11) is 1.48. The van der Waals surface area contributed by atoms with Crippen LogP contribution in [0.25, 0.3) is 0 Å². The van der Waals surface area contributed by atoms with E-state index in [1.54, 1.807) is 60.7 Å². The summed E-state index contributed by atoms with van der Waals surface area (Å²) >= 11 is 11.3. The van der Waals surface area contributed by atoms with Crippen molar-refractivity contribution in [2.75, 3.05) is 24.5 Å². The number of hydrogen-bond acceptors (Lipinski definition) is 6. The van der Waals surface area contributed by atoms with Crippen LogP contribution < -0.4 is 30.2 Å². The zero-order valence-electron chi connectivity index (χ0n) is 17.3. The number of ether oxygens (including phenoxy) is 3. The van der Waals surface area contributed by atoms with Crippen molar-refractivity contribution >= 4 is 52.1 Å². The van der Waals surface area contributed by atoms with Gasteiger partial charge in [-0.05, 0) is 54.7 Å². The molecule has 4 rings (SSSR count). The number of methoxy groups -OCH3 is 1. The molecule has 0 aliphatic carbocycles. The number of amides is 2. The molecule has 3 N–H and O–H groups in total. The molecule has 2 amide bonds. The third kappa shape index (κ3) is 5.16. The largest absolute Gasteiger partial charge is 0.494 e. The van der Waals surface area contributed by atoms with E-state index in [0.29, 0.717) is 44.8 Å². The monoisotopic (exact) mass is 483 g/mol. The highest BCUT2D eigenvalue weighted by atomic mass is 35.5. The van der Waals surface area contributed by atoms with Crippen LogP contribution in [-0.4, -0.2) is 30.8 Å². The average molecular weight is 484 g/mol. The molecule has 1 aliphatic heterocycles. The molecule has 10 heteroatoms. The molecule has 0 aromatic heterocycles. The van der Waals surface area contributed by atoms with E-state index in [1.165, 1.54) is 7.11 Å². The SMILES string of the molecule is COc1cc(NC(=S)NC(=O)c2ccc3c(c2)OCO3)ccc1NC(=O)c1ccccc1Cl. The van der Waals surface area contributed by atoms with E-state index >= 15 is 0 Å². The number of rotatable bonds is 5. The molecule has 168 valence electrons. The Morgan fingerprint density at radius 3 is 2.55 bits per heavy atom. The van der Waals surface area contributed by atoms with Crippen LogP contribution >= 0.6 is 23.8 Å². The molecule has 0 unspecified atom stereocenters. The van der Waals surface area contributed by atoms with Crippen molar-refractivity contribution in [3.05, 3.63) is 76.8 Å². The smallest absolute Gasteiger partial charge is 0.257 e. The zero-order chi connectivity index (χ0) is 23.4. The summed E-state index contributed by atoms with van der Waals surface area (Å²) in [6, 6.07) is 16.6. The summed E-state index contributed by atoms with van der Waals surface area (Å²) in [6.45, 7) is 0.122. The van der Waals surface area contributed by atoms with Crippen LogP contribution in [-0.2, 0) is 0 Å². The molecule has 3 aromatic rings. The summed E-state index contributed by atoms with van der Waals surface area (Å²) in [5, 5.41) is 8.73. The standard InChI is InChI=1S/C23H18ClN3O5S/c1-30-19-11-14(7-8-17(19)26-22(29)15-4-2-3-5-16(15)24)25-23(33)27-21(28)13-6-9-18-20(10-13)32-12-31-18/h2-11H,12H2,1H3,(H,26,29)(H2,25,27,28,33). The van der Waals surface area contributed by atoms with Gasteiger partial charge in [-0.3, -0.25) is 14.9 Å². The molecule has 1 aliphatic rings. The third-order valence-corrected chi connectivity index (χ3v) is 5.22. The van der Waals surface area contributed by atoms with Crippen LogP contribution in [0.3, 0.4) is 0 Å².